The van der Waals surface area contributed by atoms with Crippen LogP contribution in [-0.4, -0.2) is 45.7 Å². The number of ether oxygens (including phenoxy) is 1. The van der Waals surface area contributed by atoms with Crippen molar-refractivity contribution in [1.82, 2.24) is 4.90 Å². The molecule has 34 heavy (non-hydrogen) atoms. The number of benzene rings is 1. The first-order valence-electron chi connectivity index (χ1n) is 11.3. The number of nitro benzene ring substituents is 1. The van der Waals surface area contributed by atoms with E-state index < -0.39 is 10.5 Å². The van der Waals surface area contributed by atoms with E-state index in [0.29, 0.717) is 5.56 Å². The summed E-state index contributed by atoms with van der Waals surface area (Å²) in [7, 11) is 0. The molecule has 1 aromatic rings. The lowest BCUT2D eigenvalue weighted by molar-refractivity contribution is -0.386. The number of amides is 1. The second-order valence-corrected chi connectivity index (χ2v) is 8.46. The van der Waals surface area contributed by atoms with Gasteiger partial charge in [0.15, 0.2) is 5.75 Å². The first-order chi connectivity index (χ1) is 16.0. The highest BCUT2D eigenvalue weighted by molar-refractivity contribution is 5.95. The summed E-state index contributed by atoms with van der Waals surface area (Å²) in [6, 6.07) is 4.87. The number of nitrogens with zero attached hydrogens (tertiary/aromatic N) is 2. The Balaban J connectivity index is 0.00000164. The molecule has 1 aliphatic carbocycles. The smallest absolute Gasteiger partial charge is 0.373 e. The SMILES string of the molecule is CCC(C)(CC)Oc1ccc(C(=O)N(C(C)C)C2CCCCC2)cc1[N+](=O)[O-].O=C=O.O=C=O. The van der Waals surface area contributed by atoms with Crippen molar-refractivity contribution in [2.45, 2.75) is 97.2 Å². The van der Waals surface area contributed by atoms with Gasteiger partial charge in [0.2, 0.25) is 0 Å². The summed E-state index contributed by atoms with van der Waals surface area (Å²) in [5.74, 6) is 0.0896. The van der Waals surface area contributed by atoms with Crippen LogP contribution >= 0.6 is 0 Å². The van der Waals surface area contributed by atoms with Crippen molar-refractivity contribution in [3.05, 3.63) is 33.9 Å². The average molecular weight is 479 g/mol. The molecule has 0 spiro atoms. The Kier molecular flexibility index (Phi) is 14.0. The molecule has 0 N–H and O–H groups in total. The number of hydrogen-bond donors (Lipinski definition) is 0. The molecule has 0 heterocycles. The normalized spacial score (nSPS) is 13.2. The van der Waals surface area contributed by atoms with Crippen molar-refractivity contribution in [2.75, 3.05) is 0 Å². The molecule has 0 aliphatic heterocycles. The minimum Gasteiger partial charge on any atom is -0.481 e. The van der Waals surface area contributed by atoms with Crippen LogP contribution in [0.25, 0.3) is 0 Å². The van der Waals surface area contributed by atoms with Gasteiger partial charge in [-0.3, -0.25) is 14.9 Å². The monoisotopic (exact) mass is 478 g/mol. The Bertz CT molecular complexity index is 850. The first kappa shape index (κ1) is 30.6. The Morgan fingerprint density at radius 1 is 1.12 bits per heavy atom. The molecule has 0 unspecified atom stereocenters. The number of nitro groups is 1. The van der Waals surface area contributed by atoms with Crippen molar-refractivity contribution in [1.29, 1.82) is 0 Å². The summed E-state index contributed by atoms with van der Waals surface area (Å²) in [6.07, 6.45) is 7.44. The largest absolute Gasteiger partial charge is 0.481 e. The molecule has 0 aromatic heterocycles. The summed E-state index contributed by atoms with van der Waals surface area (Å²) in [4.78, 5) is 58.8. The fraction of sp³-hybridized carbons (Fsp3) is 0.625. The zero-order valence-corrected chi connectivity index (χ0v) is 20.5. The Hall–Kier alpha value is -3.35. The van der Waals surface area contributed by atoms with E-state index in [0.717, 1.165) is 38.5 Å². The topological polar surface area (TPSA) is 141 Å². The molecule has 1 aromatic carbocycles. The van der Waals surface area contributed by atoms with Gasteiger partial charge in [0, 0.05) is 23.7 Å². The molecule has 10 heteroatoms. The van der Waals surface area contributed by atoms with E-state index in [9.17, 15) is 14.9 Å². The van der Waals surface area contributed by atoms with E-state index in [1.807, 2.05) is 39.5 Å². The third-order valence-corrected chi connectivity index (χ3v) is 6.01. The molecule has 188 valence electrons. The average Bonchev–Trinajstić information content (AvgIpc) is 2.80. The predicted octanol–water partition coefficient (Wildman–Crippen LogP) is 4.57. The molecule has 0 radical (unpaired) electrons. The lowest BCUT2D eigenvalue weighted by Gasteiger charge is -2.37. The van der Waals surface area contributed by atoms with Crippen LogP contribution in [0.4, 0.5) is 5.69 Å². The Morgan fingerprint density at radius 2 is 1.62 bits per heavy atom. The van der Waals surface area contributed by atoms with E-state index >= 15 is 0 Å². The summed E-state index contributed by atoms with van der Waals surface area (Å²) >= 11 is 0. The van der Waals surface area contributed by atoms with E-state index in [-0.39, 0.29) is 41.7 Å². The number of carbonyl (C=O) groups is 1. The van der Waals surface area contributed by atoms with Crippen LogP contribution in [-0.2, 0) is 19.2 Å². The van der Waals surface area contributed by atoms with E-state index in [2.05, 4.69) is 0 Å². The van der Waals surface area contributed by atoms with Gasteiger partial charge >= 0.3 is 18.0 Å². The van der Waals surface area contributed by atoms with Crippen LogP contribution in [0.2, 0.25) is 0 Å². The third kappa shape index (κ3) is 9.25. The van der Waals surface area contributed by atoms with Gasteiger partial charge in [-0.2, -0.15) is 19.2 Å². The molecule has 1 saturated carbocycles. The standard InChI is InChI=1S/C22H34N2O4.2CO2/c1-6-22(5,7-2)28-20-14-13-17(15-19(20)24(26)27)21(25)23(16(3)4)18-11-9-8-10-12-18;2*2-1-3/h13-16,18H,6-12H2,1-5H3;;. The number of rotatable bonds is 8. The predicted molar refractivity (Wildman–Crippen MR) is 121 cm³/mol. The van der Waals surface area contributed by atoms with Gasteiger partial charge in [-0.05, 0) is 58.6 Å². The second-order valence-electron chi connectivity index (χ2n) is 8.46. The van der Waals surface area contributed by atoms with Gasteiger partial charge in [-0.1, -0.05) is 33.1 Å². The minimum atomic E-state index is -0.470. The number of carbonyl (C=O) groups excluding carboxylic acids is 5. The van der Waals surface area contributed by atoms with Gasteiger partial charge in [0.1, 0.15) is 5.60 Å². The molecule has 1 amide bonds. The molecule has 0 bridgehead atoms. The van der Waals surface area contributed by atoms with Gasteiger partial charge in [-0.25, -0.2) is 0 Å². The Morgan fingerprint density at radius 3 is 2.03 bits per heavy atom. The van der Waals surface area contributed by atoms with Crippen LogP contribution in [0.15, 0.2) is 18.2 Å². The van der Waals surface area contributed by atoms with Gasteiger partial charge in [0.25, 0.3) is 5.91 Å². The van der Waals surface area contributed by atoms with Crippen molar-refractivity contribution in [3.8, 4) is 5.75 Å². The van der Waals surface area contributed by atoms with Gasteiger partial charge in [-0.15, -0.1) is 0 Å². The molecule has 0 atom stereocenters. The quantitative estimate of drug-likeness (QED) is 0.391. The van der Waals surface area contributed by atoms with Crippen LogP contribution < -0.4 is 4.74 Å². The highest BCUT2D eigenvalue weighted by Gasteiger charge is 2.31. The summed E-state index contributed by atoms with van der Waals surface area (Å²) in [5, 5.41) is 11.7. The van der Waals surface area contributed by atoms with Crippen LogP contribution in [0.1, 0.15) is 89.9 Å². The van der Waals surface area contributed by atoms with Crippen molar-refractivity contribution in [2.24, 2.45) is 0 Å². The van der Waals surface area contributed by atoms with E-state index in [1.165, 1.54) is 12.5 Å². The maximum atomic E-state index is 13.2. The minimum absolute atomic E-state index is 0.0501. The molecule has 0 saturated heterocycles. The van der Waals surface area contributed by atoms with Gasteiger partial charge < -0.3 is 9.64 Å². The third-order valence-electron chi connectivity index (χ3n) is 6.01. The maximum Gasteiger partial charge on any atom is 0.373 e. The summed E-state index contributed by atoms with van der Waals surface area (Å²) in [6.45, 7) is 9.95. The zero-order valence-electron chi connectivity index (χ0n) is 20.5. The molecular weight excluding hydrogens is 444 g/mol. The van der Waals surface area contributed by atoms with Crippen LogP contribution in [0.3, 0.4) is 0 Å². The maximum absolute atomic E-state index is 13.2. The first-order valence-corrected chi connectivity index (χ1v) is 11.3. The van der Waals surface area contributed by atoms with Crippen molar-refractivity contribution in [3.63, 3.8) is 0 Å². The van der Waals surface area contributed by atoms with Crippen LogP contribution in [0.5, 0.6) is 5.75 Å². The summed E-state index contributed by atoms with van der Waals surface area (Å²) < 4.78 is 5.99. The van der Waals surface area contributed by atoms with Crippen molar-refractivity contribution >= 4 is 23.9 Å². The van der Waals surface area contributed by atoms with E-state index in [4.69, 9.17) is 23.9 Å². The second kappa shape index (κ2) is 15.5. The lowest BCUT2D eigenvalue weighted by atomic mass is 9.92. The van der Waals surface area contributed by atoms with Gasteiger partial charge in [0.05, 0.1) is 4.92 Å². The lowest BCUT2D eigenvalue weighted by Crippen LogP contribution is -2.45. The van der Waals surface area contributed by atoms with Crippen molar-refractivity contribution < 1.29 is 33.6 Å². The molecule has 1 aliphatic rings. The fourth-order valence-corrected chi connectivity index (χ4v) is 3.87. The highest BCUT2D eigenvalue weighted by Crippen LogP contribution is 2.34. The Labute approximate surface area is 199 Å². The van der Waals surface area contributed by atoms with Crippen LogP contribution in [0, 0.1) is 10.1 Å². The zero-order chi connectivity index (χ0) is 26.3. The molecule has 10 nitrogen and oxygen atoms in total. The summed E-state index contributed by atoms with van der Waals surface area (Å²) in [5.41, 5.74) is -0.262. The number of hydrogen-bond acceptors (Lipinski definition) is 8. The fourth-order valence-electron chi connectivity index (χ4n) is 3.87. The molecular formula is C24H34N2O8. The molecule has 2 rings (SSSR count). The molecule has 1 fully saturated rings. The van der Waals surface area contributed by atoms with E-state index in [1.54, 1.807) is 12.1 Å². The highest BCUT2D eigenvalue weighted by atomic mass is 16.6.